The lowest BCUT2D eigenvalue weighted by Crippen LogP contribution is -2.53. The van der Waals surface area contributed by atoms with Gasteiger partial charge in [-0.2, -0.15) is 0 Å². The number of carboxylic acids is 1. The number of likely N-dealkylation sites (tertiary alicyclic amines) is 1. The first-order valence-electron chi connectivity index (χ1n) is 8.54. The molecule has 2 rings (SSSR count). The van der Waals surface area contributed by atoms with Crippen molar-refractivity contribution < 1.29 is 9.90 Å². The molecule has 0 amide bonds. The highest BCUT2D eigenvalue weighted by Crippen LogP contribution is 2.38. The van der Waals surface area contributed by atoms with Gasteiger partial charge in [-0.3, -0.25) is 4.79 Å². The van der Waals surface area contributed by atoms with Gasteiger partial charge in [0.05, 0.1) is 0 Å². The van der Waals surface area contributed by atoms with Gasteiger partial charge in [-0.1, -0.05) is 20.3 Å². The Hall–Kier alpha value is -0.610. The summed E-state index contributed by atoms with van der Waals surface area (Å²) in [5, 5.41) is 12.7. The number of aliphatic carboxylic acids is 1. The zero-order valence-electron chi connectivity index (χ0n) is 14.0. The van der Waals surface area contributed by atoms with Gasteiger partial charge in [0, 0.05) is 0 Å². The lowest BCUT2D eigenvalue weighted by molar-refractivity contribution is -0.146. The highest BCUT2D eigenvalue weighted by Gasteiger charge is 2.47. The number of hydrogen-bond donors (Lipinski definition) is 2. The Labute approximate surface area is 129 Å². The smallest absolute Gasteiger partial charge is 0.324 e. The van der Waals surface area contributed by atoms with Crippen LogP contribution >= 0.6 is 0 Å². The number of rotatable bonds is 5. The van der Waals surface area contributed by atoms with E-state index in [-0.39, 0.29) is 5.92 Å². The van der Waals surface area contributed by atoms with E-state index in [1.54, 1.807) is 7.05 Å². The fourth-order valence-corrected chi connectivity index (χ4v) is 4.23. The Morgan fingerprint density at radius 3 is 2.67 bits per heavy atom. The summed E-state index contributed by atoms with van der Waals surface area (Å²) >= 11 is 0. The van der Waals surface area contributed by atoms with E-state index in [9.17, 15) is 9.90 Å². The number of nitrogens with one attached hydrogen (secondary N) is 1. The highest BCUT2D eigenvalue weighted by molar-refractivity contribution is 5.79. The molecule has 0 spiro atoms. The van der Waals surface area contributed by atoms with Crippen molar-refractivity contribution in [3.8, 4) is 0 Å². The van der Waals surface area contributed by atoms with E-state index in [0.29, 0.717) is 5.41 Å². The van der Waals surface area contributed by atoms with E-state index in [4.69, 9.17) is 0 Å². The minimum absolute atomic E-state index is 0.274. The molecule has 0 aromatic carbocycles. The van der Waals surface area contributed by atoms with Crippen LogP contribution in [0.1, 0.15) is 58.8 Å². The SMILES string of the molecule is CNC1(C(=O)O)CCCC1CCN1CCCC(C)(C)CC1. The summed E-state index contributed by atoms with van der Waals surface area (Å²) in [6.07, 6.45) is 7.70. The monoisotopic (exact) mass is 296 g/mol. The summed E-state index contributed by atoms with van der Waals surface area (Å²) in [6, 6.07) is 0. The third kappa shape index (κ3) is 3.78. The molecule has 2 fully saturated rings. The van der Waals surface area contributed by atoms with Crippen molar-refractivity contribution in [1.29, 1.82) is 0 Å². The number of carbonyl (C=O) groups is 1. The molecule has 2 aliphatic rings. The molecular formula is C17H32N2O2. The maximum absolute atomic E-state index is 11.7. The molecule has 1 saturated carbocycles. The number of hydrogen-bond acceptors (Lipinski definition) is 3. The van der Waals surface area contributed by atoms with E-state index >= 15 is 0 Å². The average Bonchev–Trinajstić information content (AvgIpc) is 2.77. The van der Waals surface area contributed by atoms with E-state index in [2.05, 4.69) is 24.1 Å². The van der Waals surface area contributed by atoms with Crippen molar-refractivity contribution in [2.75, 3.05) is 26.7 Å². The summed E-state index contributed by atoms with van der Waals surface area (Å²) < 4.78 is 0. The third-order valence-electron chi connectivity index (χ3n) is 5.87. The largest absolute Gasteiger partial charge is 0.480 e. The Morgan fingerprint density at radius 1 is 1.24 bits per heavy atom. The number of carboxylic acid groups (broad SMARTS) is 1. The van der Waals surface area contributed by atoms with Crippen LogP contribution in [-0.2, 0) is 4.79 Å². The van der Waals surface area contributed by atoms with Gasteiger partial charge >= 0.3 is 5.97 Å². The molecule has 0 aromatic heterocycles. The average molecular weight is 296 g/mol. The van der Waals surface area contributed by atoms with Crippen LogP contribution in [-0.4, -0.2) is 48.2 Å². The van der Waals surface area contributed by atoms with Gasteiger partial charge in [0.1, 0.15) is 5.54 Å². The van der Waals surface area contributed by atoms with Gasteiger partial charge in [-0.15, -0.1) is 0 Å². The molecule has 4 nitrogen and oxygen atoms in total. The molecule has 122 valence electrons. The standard InChI is InChI=1S/C17H32N2O2/c1-16(2)8-5-11-19(13-10-16)12-7-14-6-4-9-17(14,18-3)15(20)21/h14,18H,4-13H2,1-3H3,(H,20,21). The van der Waals surface area contributed by atoms with Crippen molar-refractivity contribution in [2.45, 2.75) is 64.3 Å². The second kappa shape index (κ2) is 6.66. The third-order valence-corrected chi connectivity index (χ3v) is 5.87. The fourth-order valence-electron chi connectivity index (χ4n) is 4.23. The first kappa shape index (κ1) is 16.8. The maximum Gasteiger partial charge on any atom is 0.324 e. The summed E-state index contributed by atoms with van der Waals surface area (Å²) in [4.78, 5) is 14.2. The molecule has 2 atom stereocenters. The first-order chi connectivity index (χ1) is 9.89. The second-order valence-electron chi connectivity index (χ2n) is 7.76. The Bertz CT molecular complexity index is 370. The summed E-state index contributed by atoms with van der Waals surface area (Å²) in [5.41, 5.74) is -0.205. The minimum Gasteiger partial charge on any atom is -0.480 e. The Kier molecular flexibility index (Phi) is 5.31. The van der Waals surface area contributed by atoms with Crippen LogP contribution in [0.25, 0.3) is 0 Å². The molecule has 0 bridgehead atoms. The van der Waals surface area contributed by atoms with Gasteiger partial charge < -0.3 is 15.3 Å². The van der Waals surface area contributed by atoms with Crippen LogP contribution in [0.5, 0.6) is 0 Å². The molecule has 0 radical (unpaired) electrons. The Morgan fingerprint density at radius 2 is 2.00 bits per heavy atom. The van der Waals surface area contributed by atoms with Crippen molar-refractivity contribution in [3.63, 3.8) is 0 Å². The molecule has 0 aromatic rings. The molecule has 2 unspecified atom stereocenters. The molecule has 1 aliphatic heterocycles. The van der Waals surface area contributed by atoms with E-state index in [1.165, 1.54) is 32.4 Å². The zero-order chi connectivity index (χ0) is 15.5. The number of likely N-dealkylation sites (N-methyl/N-ethyl adjacent to an activating group) is 1. The van der Waals surface area contributed by atoms with Crippen molar-refractivity contribution in [3.05, 3.63) is 0 Å². The molecule has 4 heteroatoms. The van der Waals surface area contributed by atoms with E-state index in [1.807, 2.05) is 0 Å². The molecule has 1 saturated heterocycles. The predicted octanol–water partition coefficient (Wildman–Crippen LogP) is 2.73. The van der Waals surface area contributed by atoms with Crippen LogP contribution in [0.15, 0.2) is 0 Å². The summed E-state index contributed by atoms with van der Waals surface area (Å²) in [5.74, 6) is -0.388. The minimum atomic E-state index is -0.675. The van der Waals surface area contributed by atoms with Gasteiger partial charge in [-0.25, -0.2) is 0 Å². The molecular weight excluding hydrogens is 264 g/mol. The van der Waals surface area contributed by atoms with Crippen LogP contribution < -0.4 is 5.32 Å². The van der Waals surface area contributed by atoms with Gasteiger partial charge in [-0.05, 0) is 76.5 Å². The molecule has 21 heavy (non-hydrogen) atoms. The normalized spacial score (nSPS) is 33.8. The molecule has 1 aliphatic carbocycles. The quantitative estimate of drug-likeness (QED) is 0.819. The predicted molar refractivity (Wildman–Crippen MR) is 85.5 cm³/mol. The van der Waals surface area contributed by atoms with Gasteiger partial charge in [0.15, 0.2) is 0 Å². The zero-order valence-corrected chi connectivity index (χ0v) is 14.0. The van der Waals surface area contributed by atoms with Gasteiger partial charge in [0.25, 0.3) is 0 Å². The lowest BCUT2D eigenvalue weighted by atomic mass is 9.84. The van der Waals surface area contributed by atoms with Crippen LogP contribution in [0.2, 0.25) is 0 Å². The van der Waals surface area contributed by atoms with Crippen molar-refractivity contribution in [1.82, 2.24) is 10.2 Å². The maximum atomic E-state index is 11.7. The Balaban J connectivity index is 1.89. The van der Waals surface area contributed by atoms with E-state index in [0.717, 1.165) is 32.2 Å². The van der Waals surface area contributed by atoms with Crippen LogP contribution in [0.3, 0.4) is 0 Å². The van der Waals surface area contributed by atoms with Crippen molar-refractivity contribution >= 4 is 5.97 Å². The van der Waals surface area contributed by atoms with Gasteiger partial charge in [0.2, 0.25) is 0 Å². The summed E-state index contributed by atoms with van der Waals surface area (Å²) in [6.45, 7) is 8.13. The van der Waals surface area contributed by atoms with E-state index < -0.39 is 11.5 Å². The lowest BCUT2D eigenvalue weighted by Gasteiger charge is -2.32. The summed E-state index contributed by atoms with van der Waals surface area (Å²) in [7, 11) is 1.81. The second-order valence-corrected chi connectivity index (χ2v) is 7.76. The molecule has 1 heterocycles. The van der Waals surface area contributed by atoms with Crippen LogP contribution in [0.4, 0.5) is 0 Å². The van der Waals surface area contributed by atoms with Crippen molar-refractivity contribution in [2.24, 2.45) is 11.3 Å². The highest BCUT2D eigenvalue weighted by atomic mass is 16.4. The van der Waals surface area contributed by atoms with Crippen LogP contribution in [0, 0.1) is 11.3 Å². The fraction of sp³-hybridized carbons (Fsp3) is 0.941. The topological polar surface area (TPSA) is 52.6 Å². The number of nitrogens with zero attached hydrogens (tertiary/aromatic N) is 1. The molecule has 2 N–H and O–H groups in total. The first-order valence-corrected chi connectivity index (χ1v) is 8.54.